The van der Waals surface area contributed by atoms with Crippen molar-refractivity contribution in [2.24, 2.45) is 0 Å². The summed E-state index contributed by atoms with van der Waals surface area (Å²) in [6, 6.07) is 14.9. The molecule has 36 heavy (non-hydrogen) atoms. The molecule has 0 unspecified atom stereocenters. The molecule has 0 aliphatic heterocycles. The highest BCUT2D eigenvalue weighted by atomic mass is 32.2. The molecule has 190 valence electrons. The van der Waals surface area contributed by atoms with E-state index in [1.165, 1.54) is 51.5 Å². The molecule has 0 spiro atoms. The third-order valence-electron chi connectivity index (χ3n) is 5.15. The Kier molecular flexibility index (Phi) is 8.15. The summed E-state index contributed by atoms with van der Waals surface area (Å²) in [6.07, 6.45) is 0.965. The summed E-state index contributed by atoms with van der Waals surface area (Å²) in [5.41, 5.74) is 0.999. The van der Waals surface area contributed by atoms with Gasteiger partial charge in [0.05, 0.1) is 38.3 Å². The average molecular weight is 516 g/mol. The second kappa shape index (κ2) is 11.1. The van der Waals surface area contributed by atoms with Crippen LogP contribution in [0.2, 0.25) is 0 Å². The lowest BCUT2D eigenvalue weighted by atomic mass is 10.1. The highest BCUT2D eigenvalue weighted by Gasteiger charge is 2.27. The van der Waals surface area contributed by atoms with Gasteiger partial charge in [-0.05, 0) is 36.4 Å². The molecule has 0 radical (unpaired) electrons. The van der Waals surface area contributed by atoms with Gasteiger partial charge in [-0.15, -0.1) is 0 Å². The summed E-state index contributed by atoms with van der Waals surface area (Å²) in [6.45, 7) is 1.02. The van der Waals surface area contributed by atoms with E-state index in [0.29, 0.717) is 11.4 Å². The zero-order chi connectivity index (χ0) is 26.5. The van der Waals surface area contributed by atoms with Gasteiger partial charge in [0.1, 0.15) is 5.82 Å². The van der Waals surface area contributed by atoms with E-state index >= 15 is 0 Å². The predicted molar refractivity (Wildman–Crippen MR) is 136 cm³/mol. The minimum Gasteiger partial charge on any atom is -0.493 e. The molecule has 0 atom stereocenters. The normalized spacial score (nSPS) is 10.9. The van der Waals surface area contributed by atoms with Crippen molar-refractivity contribution in [1.82, 2.24) is 0 Å². The number of benzene rings is 3. The van der Waals surface area contributed by atoms with E-state index in [4.69, 9.17) is 9.47 Å². The second-order valence-corrected chi connectivity index (χ2v) is 9.70. The predicted octanol–water partition coefficient (Wildman–Crippen LogP) is 4.02. The van der Waals surface area contributed by atoms with Crippen molar-refractivity contribution < 1.29 is 31.9 Å². The van der Waals surface area contributed by atoms with E-state index in [1.807, 2.05) is 0 Å². The van der Waals surface area contributed by atoms with Gasteiger partial charge in [0.25, 0.3) is 5.91 Å². The second-order valence-electron chi connectivity index (χ2n) is 7.80. The third-order valence-corrected chi connectivity index (χ3v) is 6.28. The molecule has 11 heteroatoms. The average Bonchev–Trinajstić information content (AvgIpc) is 2.82. The number of amides is 2. The van der Waals surface area contributed by atoms with Crippen LogP contribution in [0.25, 0.3) is 0 Å². The first-order valence-electron chi connectivity index (χ1n) is 10.7. The number of nitrogens with one attached hydrogen (secondary N) is 2. The SMILES string of the molecule is COc1cc(C(=O)Nc2ccc(NC(C)=O)cc2)c(N(Cc2ccccc2F)S(C)(=O)=O)cc1OC. The van der Waals surface area contributed by atoms with Crippen LogP contribution in [0.15, 0.2) is 60.7 Å². The molecule has 9 nitrogen and oxygen atoms in total. The van der Waals surface area contributed by atoms with E-state index in [2.05, 4.69) is 10.6 Å². The third kappa shape index (κ3) is 6.30. The van der Waals surface area contributed by atoms with Crippen molar-refractivity contribution in [2.45, 2.75) is 13.5 Å². The van der Waals surface area contributed by atoms with Crippen LogP contribution >= 0.6 is 0 Å². The summed E-state index contributed by atoms with van der Waals surface area (Å²) < 4.78 is 51.6. The maximum atomic E-state index is 14.4. The molecule has 0 aromatic heterocycles. The number of rotatable bonds is 9. The zero-order valence-corrected chi connectivity index (χ0v) is 21.0. The van der Waals surface area contributed by atoms with Gasteiger partial charge in [0.2, 0.25) is 15.9 Å². The Hall–Kier alpha value is -4.12. The van der Waals surface area contributed by atoms with Crippen LogP contribution in [0.4, 0.5) is 21.5 Å². The molecule has 0 fully saturated rings. The Balaban J connectivity index is 2.07. The molecule has 0 saturated carbocycles. The maximum absolute atomic E-state index is 14.4. The molecular weight excluding hydrogens is 489 g/mol. The Bertz CT molecular complexity index is 1380. The summed E-state index contributed by atoms with van der Waals surface area (Å²) in [5, 5.41) is 5.33. The van der Waals surface area contributed by atoms with Gasteiger partial charge in [-0.1, -0.05) is 18.2 Å². The maximum Gasteiger partial charge on any atom is 0.257 e. The van der Waals surface area contributed by atoms with Crippen molar-refractivity contribution in [3.63, 3.8) is 0 Å². The van der Waals surface area contributed by atoms with E-state index < -0.39 is 21.7 Å². The summed E-state index contributed by atoms with van der Waals surface area (Å²) >= 11 is 0. The van der Waals surface area contributed by atoms with Crippen LogP contribution in [0.3, 0.4) is 0 Å². The molecule has 3 aromatic carbocycles. The Morgan fingerprint density at radius 2 is 1.47 bits per heavy atom. The van der Waals surface area contributed by atoms with Gasteiger partial charge in [0.15, 0.2) is 11.5 Å². The Morgan fingerprint density at radius 3 is 2.00 bits per heavy atom. The molecule has 0 aliphatic rings. The summed E-state index contributed by atoms with van der Waals surface area (Å²) in [5.74, 6) is -1.08. The molecule has 3 rings (SSSR count). The first-order valence-corrected chi connectivity index (χ1v) is 12.5. The number of methoxy groups -OCH3 is 2. The molecule has 2 amide bonds. The fourth-order valence-corrected chi connectivity index (χ4v) is 4.34. The lowest BCUT2D eigenvalue weighted by Gasteiger charge is -2.26. The summed E-state index contributed by atoms with van der Waals surface area (Å²) in [7, 11) is -1.22. The smallest absolute Gasteiger partial charge is 0.257 e. The van der Waals surface area contributed by atoms with Crippen LogP contribution in [0.1, 0.15) is 22.8 Å². The van der Waals surface area contributed by atoms with Crippen molar-refractivity contribution in [2.75, 3.05) is 35.4 Å². The largest absolute Gasteiger partial charge is 0.493 e. The number of halogens is 1. The number of hydrogen-bond donors (Lipinski definition) is 2. The first kappa shape index (κ1) is 26.5. The molecular formula is C25H26FN3O6S. The first-order chi connectivity index (χ1) is 17.0. The molecule has 0 saturated heterocycles. The Labute approximate surface area is 208 Å². The van der Waals surface area contributed by atoms with Gasteiger partial charge >= 0.3 is 0 Å². The van der Waals surface area contributed by atoms with E-state index in [-0.39, 0.29) is 40.8 Å². The van der Waals surface area contributed by atoms with Gasteiger partial charge in [-0.25, -0.2) is 12.8 Å². The lowest BCUT2D eigenvalue weighted by molar-refractivity contribution is -0.114. The number of ether oxygens (including phenoxy) is 2. The van der Waals surface area contributed by atoms with Gasteiger partial charge < -0.3 is 20.1 Å². The molecule has 0 bridgehead atoms. The van der Waals surface area contributed by atoms with Crippen molar-refractivity contribution in [3.8, 4) is 11.5 Å². The minimum absolute atomic E-state index is 0.0224. The van der Waals surface area contributed by atoms with Crippen LogP contribution in [-0.4, -0.2) is 40.7 Å². The quantitative estimate of drug-likeness (QED) is 0.445. The topological polar surface area (TPSA) is 114 Å². The number of carbonyl (C=O) groups is 2. The van der Waals surface area contributed by atoms with Crippen molar-refractivity contribution in [3.05, 3.63) is 77.6 Å². The number of nitrogens with zero attached hydrogens (tertiary/aromatic N) is 1. The van der Waals surface area contributed by atoms with Crippen LogP contribution < -0.4 is 24.4 Å². The van der Waals surface area contributed by atoms with Gasteiger partial charge in [-0.2, -0.15) is 0 Å². The monoisotopic (exact) mass is 515 g/mol. The van der Waals surface area contributed by atoms with Gasteiger partial charge in [-0.3, -0.25) is 13.9 Å². The van der Waals surface area contributed by atoms with Crippen LogP contribution in [-0.2, 0) is 21.4 Å². The van der Waals surface area contributed by atoms with E-state index in [9.17, 15) is 22.4 Å². The fraction of sp³-hybridized carbons (Fsp3) is 0.200. The van der Waals surface area contributed by atoms with Crippen LogP contribution in [0, 0.1) is 5.82 Å². The minimum atomic E-state index is -3.97. The Morgan fingerprint density at radius 1 is 0.917 bits per heavy atom. The van der Waals surface area contributed by atoms with Gasteiger partial charge in [0, 0.05) is 29.9 Å². The van der Waals surface area contributed by atoms with Crippen molar-refractivity contribution >= 4 is 38.9 Å². The van der Waals surface area contributed by atoms with Crippen molar-refractivity contribution in [1.29, 1.82) is 0 Å². The number of carbonyl (C=O) groups excluding carboxylic acids is 2. The molecule has 0 heterocycles. The highest BCUT2D eigenvalue weighted by Crippen LogP contribution is 2.37. The van der Waals surface area contributed by atoms with Crippen LogP contribution in [0.5, 0.6) is 11.5 Å². The molecule has 2 N–H and O–H groups in total. The summed E-state index contributed by atoms with van der Waals surface area (Å²) in [4.78, 5) is 24.6. The van der Waals surface area contributed by atoms with E-state index in [0.717, 1.165) is 10.6 Å². The highest BCUT2D eigenvalue weighted by molar-refractivity contribution is 7.92. The number of anilines is 3. The number of hydrogen-bond acceptors (Lipinski definition) is 6. The standard InChI is InChI=1S/C25H26FN3O6S/c1-16(30)27-18-9-11-19(12-10-18)28-25(31)20-13-23(34-2)24(35-3)14-22(20)29(36(4,32)33)15-17-7-5-6-8-21(17)26/h5-14H,15H2,1-4H3,(H,27,30)(H,28,31). The fourth-order valence-electron chi connectivity index (χ4n) is 3.46. The zero-order valence-electron chi connectivity index (χ0n) is 20.2. The number of sulfonamides is 1. The molecule has 0 aliphatic carbocycles. The molecule has 3 aromatic rings. The van der Waals surface area contributed by atoms with E-state index in [1.54, 1.807) is 30.3 Å². The lowest BCUT2D eigenvalue weighted by Crippen LogP contribution is -2.32.